The van der Waals surface area contributed by atoms with Gasteiger partial charge in [0.1, 0.15) is 0 Å². The highest BCUT2D eigenvalue weighted by atomic mass is 32.2. The maximum Gasteiger partial charge on any atom is 0.261 e. The number of nitrogens with zero attached hydrogens (tertiary/aromatic N) is 1. The second kappa shape index (κ2) is 6.22. The van der Waals surface area contributed by atoms with Crippen LogP contribution in [-0.2, 0) is 10.0 Å². The molecule has 0 atom stereocenters. The van der Waals surface area contributed by atoms with Crippen molar-refractivity contribution in [3.8, 4) is 11.1 Å². The van der Waals surface area contributed by atoms with Gasteiger partial charge in [0.2, 0.25) is 0 Å². The standard InChI is InChI=1S/C18H16N2O2S/c1-14-4-2-3-5-18(14)20-23(21,22)17-8-6-15(7-9-17)16-10-12-19-13-11-16/h2-13,20H,1H3. The SMILES string of the molecule is Cc1ccccc1NS(=O)(=O)c1ccc(-c2ccncc2)cc1. The highest BCUT2D eigenvalue weighted by Gasteiger charge is 2.15. The number of hydrogen-bond acceptors (Lipinski definition) is 3. The van der Waals surface area contributed by atoms with Crippen molar-refractivity contribution in [1.29, 1.82) is 0 Å². The first-order valence-corrected chi connectivity index (χ1v) is 8.63. The third-order valence-corrected chi connectivity index (χ3v) is 4.95. The molecule has 1 N–H and O–H groups in total. The van der Waals surface area contributed by atoms with Gasteiger partial charge in [0.15, 0.2) is 0 Å². The predicted octanol–water partition coefficient (Wildman–Crippen LogP) is 3.86. The van der Waals surface area contributed by atoms with E-state index in [4.69, 9.17) is 0 Å². The number of aryl methyl sites for hydroxylation is 1. The Kier molecular flexibility index (Phi) is 4.12. The molecule has 4 nitrogen and oxygen atoms in total. The highest BCUT2D eigenvalue weighted by Crippen LogP contribution is 2.23. The summed E-state index contributed by atoms with van der Waals surface area (Å²) in [5.74, 6) is 0. The molecule has 0 saturated heterocycles. The molecule has 0 aliphatic heterocycles. The zero-order chi connectivity index (χ0) is 16.3. The molecule has 0 fully saturated rings. The van der Waals surface area contributed by atoms with E-state index in [0.29, 0.717) is 5.69 Å². The lowest BCUT2D eigenvalue weighted by Gasteiger charge is -2.11. The number of rotatable bonds is 4. The molecular formula is C18H16N2O2S. The first-order chi connectivity index (χ1) is 11.1. The molecule has 116 valence electrons. The van der Waals surface area contributed by atoms with Gasteiger partial charge in [0.05, 0.1) is 10.6 Å². The van der Waals surface area contributed by atoms with Gasteiger partial charge >= 0.3 is 0 Å². The fourth-order valence-corrected chi connectivity index (χ4v) is 3.39. The van der Waals surface area contributed by atoms with E-state index in [-0.39, 0.29) is 4.90 Å². The number of hydrogen-bond donors (Lipinski definition) is 1. The average molecular weight is 324 g/mol. The van der Waals surface area contributed by atoms with E-state index in [2.05, 4.69) is 9.71 Å². The molecule has 1 aromatic heterocycles. The van der Waals surface area contributed by atoms with E-state index in [9.17, 15) is 8.42 Å². The quantitative estimate of drug-likeness (QED) is 0.793. The van der Waals surface area contributed by atoms with Crippen LogP contribution in [0.3, 0.4) is 0 Å². The van der Waals surface area contributed by atoms with Gasteiger partial charge in [0.25, 0.3) is 10.0 Å². The summed E-state index contributed by atoms with van der Waals surface area (Å²) in [7, 11) is -3.60. The molecule has 0 unspecified atom stereocenters. The van der Waals surface area contributed by atoms with E-state index < -0.39 is 10.0 Å². The van der Waals surface area contributed by atoms with Crippen LogP contribution in [0.25, 0.3) is 11.1 Å². The van der Waals surface area contributed by atoms with E-state index in [1.807, 2.05) is 31.2 Å². The van der Waals surface area contributed by atoms with Gasteiger partial charge in [-0.25, -0.2) is 8.42 Å². The minimum atomic E-state index is -3.60. The molecule has 0 saturated carbocycles. The van der Waals surface area contributed by atoms with Crippen LogP contribution in [0.5, 0.6) is 0 Å². The number of benzene rings is 2. The van der Waals surface area contributed by atoms with E-state index in [1.165, 1.54) is 0 Å². The molecule has 1 heterocycles. The molecule has 0 aliphatic rings. The molecule has 0 aliphatic carbocycles. The number of nitrogens with one attached hydrogen (secondary N) is 1. The molecule has 0 amide bonds. The topological polar surface area (TPSA) is 59.1 Å². The summed E-state index contributed by atoms with van der Waals surface area (Å²) >= 11 is 0. The van der Waals surface area contributed by atoms with Crippen molar-refractivity contribution in [3.63, 3.8) is 0 Å². The number of anilines is 1. The van der Waals surface area contributed by atoms with Crippen LogP contribution in [0, 0.1) is 6.92 Å². The Hall–Kier alpha value is -2.66. The van der Waals surface area contributed by atoms with Gasteiger partial charge in [-0.3, -0.25) is 9.71 Å². The molecule has 23 heavy (non-hydrogen) atoms. The molecule has 0 radical (unpaired) electrons. The van der Waals surface area contributed by atoms with Gasteiger partial charge < -0.3 is 0 Å². The summed E-state index contributed by atoms with van der Waals surface area (Å²) in [5.41, 5.74) is 3.41. The minimum Gasteiger partial charge on any atom is -0.279 e. The van der Waals surface area contributed by atoms with Gasteiger partial charge in [-0.05, 0) is 53.9 Å². The lowest BCUT2D eigenvalue weighted by molar-refractivity contribution is 0.601. The Labute approximate surface area is 135 Å². The normalized spacial score (nSPS) is 11.2. The summed E-state index contributed by atoms with van der Waals surface area (Å²) in [5, 5.41) is 0. The lowest BCUT2D eigenvalue weighted by atomic mass is 10.1. The Morgan fingerprint density at radius 1 is 0.826 bits per heavy atom. The molecule has 5 heteroatoms. The summed E-state index contributed by atoms with van der Waals surface area (Å²) in [4.78, 5) is 4.21. The molecule has 3 aromatic rings. The molecule has 3 rings (SSSR count). The van der Waals surface area contributed by atoms with Crippen LogP contribution in [-0.4, -0.2) is 13.4 Å². The Bertz CT molecular complexity index is 905. The third kappa shape index (κ3) is 3.40. The number of aromatic nitrogens is 1. The second-order valence-corrected chi connectivity index (χ2v) is 6.86. The highest BCUT2D eigenvalue weighted by molar-refractivity contribution is 7.92. The Balaban J connectivity index is 1.88. The fourth-order valence-electron chi connectivity index (χ4n) is 2.26. The number of pyridine rings is 1. The fraction of sp³-hybridized carbons (Fsp3) is 0.0556. The third-order valence-electron chi connectivity index (χ3n) is 3.57. The first-order valence-electron chi connectivity index (χ1n) is 7.15. The van der Waals surface area contributed by atoms with Crippen LogP contribution in [0.4, 0.5) is 5.69 Å². The summed E-state index contributed by atoms with van der Waals surface area (Å²) in [6.45, 7) is 1.87. The predicted molar refractivity (Wildman–Crippen MR) is 91.7 cm³/mol. The lowest BCUT2D eigenvalue weighted by Crippen LogP contribution is -2.13. The van der Waals surface area contributed by atoms with Crippen LogP contribution >= 0.6 is 0 Å². The zero-order valence-electron chi connectivity index (χ0n) is 12.6. The van der Waals surface area contributed by atoms with Crippen molar-refractivity contribution in [2.45, 2.75) is 11.8 Å². The van der Waals surface area contributed by atoms with E-state index >= 15 is 0 Å². The van der Waals surface area contributed by atoms with Gasteiger partial charge in [-0.2, -0.15) is 0 Å². The van der Waals surface area contributed by atoms with Crippen molar-refractivity contribution < 1.29 is 8.42 Å². The molecule has 0 spiro atoms. The van der Waals surface area contributed by atoms with Crippen LogP contribution in [0.15, 0.2) is 78.0 Å². The smallest absolute Gasteiger partial charge is 0.261 e. The number of para-hydroxylation sites is 1. The van der Waals surface area contributed by atoms with Crippen molar-refractivity contribution >= 4 is 15.7 Å². The van der Waals surface area contributed by atoms with Crippen LogP contribution in [0.2, 0.25) is 0 Å². The Morgan fingerprint density at radius 2 is 1.43 bits per heavy atom. The van der Waals surface area contributed by atoms with Crippen molar-refractivity contribution in [3.05, 3.63) is 78.6 Å². The zero-order valence-corrected chi connectivity index (χ0v) is 13.4. The van der Waals surface area contributed by atoms with Crippen molar-refractivity contribution in [1.82, 2.24) is 4.98 Å². The summed E-state index contributed by atoms with van der Waals surface area (Å²) in [6.07, 6.45) is 3.42. The minimum absolute atomic E-state index is 0.235. The maximum atomic E-state index is 12.5. The van der Waals surface area contributed by atoms with E-state index in [0.717, 1.165) is 16.7 Å². The van der Waals surface area contributed by atoms with Gasteiger partial charge in [0, 0.05) is 12.4 Å². The second-order valence-electron chi connectivity index (χ2n) is 5.18. The van der Waals surface area contributed by atoms with Crippen molar-refractivity contribution in [2.75, 3.05) is 4.72 Å². The van der Waals surface area contributed by atoms with Gasteiger partial charge in [-0.15, -0.1) is 0 Å². The van der Waals surface area contributed by atoms with Gasteiger partial charge in [-0.1, -0.05) is 30.3 Å². The van der Waals surface area contributed by atoms with Crippen LogP contribution < -0.4 is 4.72 Å². The number of sulfonamides is 1. The summed E-state index contributed by atoms with van der Waals surface area (Å²) in [6, 6.07) is 17.9. The average Bonchev–Trinajstić information content (AvgIpc) is 2.58. The van der Waals surface area contributed by atoms with E-state index in [1.54, 1.807) is 48.8 Å². The van der Waals surface area contributed by atoms with Crippen LogP contribution in [0.1, 0.15) is 5.56 Å². The Morgan fingerprint density at radius 3 is 2.09 bits per heavy atom. The van der Waals surface area contributed by atoms with Crippen molar-refractivity contribution in [2.24, 2.45) is 0 Å². The largest absolute Gasteiger partial charge is 0.279 e. The first kappa shape index (κ1) is 15.2. The monoisotopic (exact) mass is 324 g/mol. The molecule has 2 aromatic carbocycles. The maximum absolute atomic E-state index is 12.5. The molecular weight excluding hydrogens is 308 g/mol. The molecule has 0 bridgehead atoms. The summed E-state index contributed by atoms with van der Waals surface area (Å²) < 4.78 is 27.6.